The second-order valence-electron chi connectivity index (χ2n) is 5.38. The zero-order chi connectivity index (χ0) is 18.2. The van der Waals surface area contributed by atoms with E-state index in [1.54, 1.807) is 0 Å². The highest BCUT2D eigenvalue weighted by Gasteiger charge is 2.09. The molecule has 2 aromatic rings. The van der Waals surface area contributed by atoms with E-state index in [1.807, 2.05) is 6.92 Å². The Labute approximate surface area is 167 Å². The number of aliphatic hydroxyl groups excluding tert-OH is 1. The number of rotatable bonds is 6. The molecule has 8 heteroatoms. The van der Waals surface area contributed by atoms with Gasteiger partial charge in [0.05, 0.1) is 12.6 Å². The third-order valence-electron chi connectivity index (χ3n) is 3.48. The van der Waals surface area contributed by atoms with Crippen LogP contribution in [0.25, 0.3) is 0 Å². The quantitative estimate of drug-likeness (QED) is 0.338. The second kappa shape index (κ2) is 11.0. The van der Waals surface area contributed by atoms with E-state index >= 15 is 0 Å². The van der Waals surface area contributed by atoms with Crippen LogP contribution in [0.2, 0.25) is 0 Å². The predicted molar refractivity (Wildman–Crippen MR) is 106 cm³/mol. The molecule has 0 aliphatic rings. The fourth-order valence-corrected chi connectivity index (χ4v) is 2.17. The summed E-state index contributed by atoms with van der Waals surface area (Å²) in [6.07, 6.45) is -0.865. The third kappa shape index (κ3) is 6.83. The number of aliphatic imine (C=N–C) groups is 1. The van der Waals surface area contributed by atoms with Crippen molar-refractivity contribution in [2.75, 3.05) is 13.1 Å². The number of aliphatic hydroxyl groups is 1. The van der Waals surface area contributed by atoms with Gasteiger partial charge < -0.3 is 15.7 Å². The standard InChI is InChI=1S/C18H20F3N3O.HI/c1-2-22-18(23-10-13-9-15(20)7-8-16(13)21)24-11-17(25)12-3-5-14(19)6-4-12;/h3-9,17,25H,2,10-11H2,1H3,(H2,22,23,24);1H. The summed E-state index contributed by atoms with van der Waals surface area (Å²) in [6.45, 7) is 2.50. The topological polar surface area (TPSA) is 56.7 Å². The Balaban J connectivity index is 0.00000338. The van der Waals surface area contributed by atoms with E-state index < -0.39 is 17.7 Å². The summed E-state index contributed by atoms with van der Waals surface area (Å²) in [7, 11) is 0. The van der Waals surface area contributed by atoms with Gasteiger partial charge in [-0.05, 0) is 42.8 Å². The van der Waals surface area contributed by atoms with Crippen LogP contribution in [0.15, 0.2) is 47.5 Å². The Morgan fingerprint density at radius 1 is 1.04 bits per heavy atom. The average molecular weight is 479 g/mol. The van der Waals surface area contributed by atoms with Crippen LogP contribution in [-0.2, 0) is 6.54 Å². The lowest BCUT2D eigenvalue weighted by Gasteiger charge is -2.15. The van der Waals surface area contributed by atoms with Crippen LogP contribution in [-0.4, -0.2) is 24.2 Å². The molecule has 0 saturated carbocycles. The van der Waals surface area contributed by atoms with E-state index in [-0.39, 0.29) is 48.4 Å². The van der Waals surface area contributed by atoms with Crippen molar-refractivity contribution < 1.29 is 18.3 Å². The first-order valence-electron chi connectivity index (χ1n) is 7.89. The van der Waals surface area contributed by atoms with Crippen LogP contribution in [0.4, 0.5) is 13.2 Å². The molecule has 0 aliphatic heterocycles. The number of hydrogen-bond donors (Lipinski definition) is 3. The Morgan fingerprint density at radius 2 is 1.69 bits per heavy atom. The molecule has 0 aromatic heterocycles. The molecule has 0 bridgehead atoms. The fourth-order valence-electron chi connectivity index (χ4n) is 2.17. The van der Waals surface area contributed by atoms with Crippen molar-refractivity contribution in [1.82, 2.24) is 10.6 Å². The van der Waals surface area contributed by atoms with Crippen molar-refractivity contribution in [2.24, 2.45) is 4.99 Å². The lowest BCUT2D eigenvalue weighted by Crippen LogP contribution is -2.39. The van der Waals surface area contributed by atoms with Gasteiger partial charge in [0.25, 0.3) is 0 Å². The van der Waals surface area contributed by atoms with Crippen molar-refractivity contribution in [3.8, 4) is 0 Å². The highest BCUT2D eigenvalue weighted by atomic mass is 127. The second-order valence-corrected chi connectivity index (χ2v) is 5.38. The molecular formula is C18H21F3IN3O. The molecule has 0 saturated heterocycles. The zero-order valence-corrected chi connectivity index (χ0v) is 16.5. The third-order valence-corrected chi connectivity index (χ3v) is 3.48. The summed E-state index contributed by atoms with van der Waals surface area (Å²) in [5.41, 5.74) is 0.692. The lowest BCUT2D eigenvalue weighted by atomic mass is 10.1. The summed E-state index contributed by atoms with van der Waals surface area (Å²) in [6, 6.07) is 8.72. The number of hydrogen-bond acceptors (Lipinski definition) is 2. The average Bonchev–Trinajstić information content (AvgIpc) is 2.60. The van der Waals surface area contributed by atoms with Gasteiger partial charge in [-0.15, -0.1) is 24.0 Å². The van der Waals surface area contributed by atoms with Gasteiger partial charge >= 0.3 is 0 Å². The monoisotopic (exact) mass is 479 g/mol. The minimum Gasteiger partial charge on any atom is -0.387 e. The normalized spacial score (nSPS) is 12.3. The van der Waals surface area contributed by atoms with Crippen LogP contribution in [0.5, 0.6) is 0 Å². The van der Waals surface area contributed by atoms with Gasteiger partial charge in [0.2, 0.25) is 0 Å². The largest absolute Gasteiger partial charge is 0.387 e. The molecule has 0 spiro atoms. The van der Waals surface area contributed by atoms with Gasteiger partial charge in [-0.1, -0.05) is 12.1 Å². The summed E-state index contributed by atoms with van der Waals surface area (Å²) in [5.74, 6) is -1.09. The number of nitrogens with zero attached hydrogens (tertiary/aromatic N) is 1. The highest BCUT2D eigenvalue weighted by Crippen LogP contribution is 2.13. The van der Waals surface area contributed by atoms with E-state index in [1.165, 1.54) is 24.3 Å². The summed E-state index contributed by atoms with van der Waals surface area (Å²) < 4.78 is 39.7. The van der Waals surface area contributed by atoms with E-state index in [4.69, 9.17) is 0 Å². The molecule has 2 rings (SSSR count). The Morgan fingerprint density at radius 3 is 2.35 bits per heavy atom. The van der Waals surface area contributed by atoms with Crippen LogP contribution in [0.3, 0.4) is 0 Å². The first-order chi connectivity index (χ1) is 12.0. The molecule has 142 valence electrons. The Kier molecular flexibility index (Phi) is 9.42. The van der Waals surface area contributed by atoms with Crippen molar-refractivity contribution in [3.05, 3.63) is 71.0 Å². The summed E-state index contributed by atoms with van der Waals surface area (Å²) >= 11 is 0. The number of nitrogens with one attached hydrogen (secondary N) is 2. The number of guanidine groups is 1. The molecule has 26 heavy (non-hydrogen) atoms. The van der Waals surface area contributed by atoms with Crippen LogP contribution in [0.1, 0.15) is 24.2 Å². The Bertz CT molecular complexity index is 726. The predicted octanol–water partition coefficient (Wildman–Crippen LogP) is 3.51. The molecule has 3 N–H and O–H groups in total. The SMILES string of the molecule is CCNC(=NCc1cc(F)ccc1F)NCC(O)c1ccc(F)cc1.I. The maximum atomic E-state index is 13.6. The molecule has 0 radical (unpaired) electrons. The summed E-state index contributed by atoms with van der Waals surface area (Å²) in [4.78, 5) is 4.18. The summed E-state index contributed by atoms with van der Waals surface area (Å²) in [5, 5.41) is 16.0. The molecule has 1 unspecified atom stereocenters. The first kappa shape index (κ1) is 22.2. The van der Waals surface area contributed by atoms with Crippen molar-refractivity contribution in [2.45, 2.75) is 19.6 Å². The molecule has 2 aromatic carbocycles. The minimum atomic E-state index is -0.865. The van der Waals surface area contributed by atoms with Crippen LogP contribution >= 0.6 is 24.0 Å². The van der Waals surface area contributed by atoms with Crippen LogP contribution < -0.4 is 10.6 Å². The molecule has 0 amide bonds. The van der Waals surface area contributed by atoms with Gasteiger partial charge in [-0.2, -0.15) is 0 Å². The van der Waals surface area contributed by atoms with Gasteiger partial charge in [0, 0.05) is 18.7 Å². The molecule has 0 aliphatic carbocycles. The van der Waals surface area contributed by atoms with Gasteiger partial charge in [-0.3, -0.25) is 0 Å². The smallest absolute Gasteiger partial charge is 0.191 e. The number of benzene rings is 2. The van der Waals surface area contributed by atoms with E-state index in [0.717, 1.165) is 18.2 Å². The Hall–Kier alpha value is -1.81. The van der Waals surface area contributed by atoms with Gasteiger partial charge in [0.1, 0.15) is 17.5 Å². The molecule has 0 fully saturated rings. The zero-order valence-electron chi connectivity index (χ0n) is 14.2. The van der Waals surface area contributed by atoms with Crippen LogP contribution in [0, 0.1) is 17.5 Å². The van der Waals surface area contributed by atoms with Crippen molar-refractivity contribution in [1.29, 1.82) is 0 Å². The molecule has 0 heterocycles. The maximum Gasteiger partial charge on any atom is 0.191 e. The van der Waals surface area contributed by atoms with E-state index in [0.29, 0.717) is 18.1 Å². The maximum absolute atomic E-state index is 13.6. The molecule has 1 atom stereocenters. The molecule has 4 nitrogen and oxygen atoms in total. The highest BCUT2D eigenvalue weighted by molar-refractivity contribution is 14.0. The lowest BCUT2D eigenvalue weighted by molar-refractivity contribution is 0.180. The minimum absolute atomic E-state index is 0. The number of halogens is 4. The van der Waals surface area contributed by atoms with Gasteiger partial charge in [0.15, 0.2) is 5.96 Å². The first-order valence-corrected chi connectivity index (χ1v) is 7.89. The van der Waals surface area contributed by atoms with Gasteiger partial charge in [-0.25, -0.2) is 18.2 Å². The van der Waals surface area contributed by atoms with Crippen molar-refractivity contribution >= 4 is 29.9 Å². The fraction of sp³-hybridized carbons (Fsp3) is 0.278. The van der Waals surface area contributed by atoms with E-state index in [2.05, 4.69) is 15.6 Å². The van der Waals surface area contributed by atoms with Crippen molar-refractivity contribution in [3.63, 3.8) is 0 Å². The van der Waals surface area contributed by atoms with E-state index in [9.17, 15) is 18.3 Å². The molecular weight excluding hydrogens is 458 g/mol.